The van der Waals surface area contributed by atoms with Crippen LogP contribution in [0.4, 0.5) is 11.4 Å². The molecule has 5 nitrogen and oxygen atoms in total. The number of para-hydroxylation sites is 3. The summed E-state index contributed by atoms with van der Waals surface area (Å²) < 4.78 is 5.93. The number of hydrazine groups is 1. The maximum atomic E-state index is 12.3. The van der Waals surface area contributed by atoms with Crippen molar-refractivity contribution >= 4 is 17.3 Å². The van der Waals surface area contributed by atoms with E-state index in [0.717, 1.165) is 16.9 Å². The van der Waals surface area contributed by atoms with Crippen molar-refractivity contribution in [3.05, 3.63) is 54.1 Å². The lowest BCUT2D eigenvalue weighted by molar-refractivity contribution is -0.134. The number of carbonyl (C=O) groups is 1. The van der Waals surface area contributed by atoms with E-state index in [1.54, 1.807) is 0 Å². The molecule has 0 bridgehead atoms. The van der Waals surface area contributed by atoms with Gasteiger partial charge in [-0.05, 0) is 18.2 Å². The molecule has 19 heavy (non-hydrogen) atoms. The van der Waals surface area contributed by atoms with Crippen LogP contribution < -0.4 is 20.9 Å². The van der Waals surface area contributed by atoms with Crippen LogP contribution in [0, 0.1) is 0 Å². The van der Waals surface area contributed by atoms with Crippen molar-refractivity contribution in [3.8, 4) is 5.75 Å². The summed E-state index contributed by atoms with van der Waals surface area (Å²) in [6.07, 6.45) is 0. The first-order valence-corrected chi connectivity index (χ1v) is 6.02. The predicted molar refractivity (Wildman–Crippen MR) is 70.6 cm³/mol. The van der Waals surface area contributed by atoms with E-state index in [-0.39, 0.29) is 5.91 Å². The number of amides is 1. The van der Waals surface area contributed by atoms with Gasteiger partial charge in [0.15, 0.2) is 0 Å². The average molecular weight is 253 g/mol. The summed E-state index contributed by atoms with van der Waals surface area (Å²) >= 11 is 0. The summed E-state index contributed by atoms with van der Waals surface area (Å²) in [7, 11) is 0. The predicted octanol–water partition coefficient (Wildman–Crippen LogP) is 1.80. The van der Waals surface area contributed by atoms with Crippen molar-refractivity contribution in [2.45, 2.75) is 5.72 Å². The number of ether oxygens (including phenoxy) is 1. The second-order valence-corrected chi connectivity index (χ2v) is 4.53. The first-order valence-electron chi connectivity index (χ1n) is 6.02. The van der Waals surface area contributed by atoms with Crippen LogP contribution in [0.3, 0.4) is 0 Å². The zero-order valence-corrected chi connectivity index (χ0v) is 9.94. The fourth-order valence-corrected chi connectivity index (χ4v) is 2.46. The smallest absolute Gasteiger partial charge is 0.291 e. The molecule has 2 aromatic carbocycles. The second kappa shape index (κ2) is 3.49. The molecule has 1 unspecified atom stereocenters. The standard InChI is InChI=1S/C14H11N3O2/c18-13-14(9-5-1-2-6-10(9)15-13)17-16-11-7-3-4-8-12(11)19-14/h1-8,16-17H,(H,15,18). The zero-order chi connectivity index (χ0) is 12.9. The minimum Gasteiger partial charge on any atom is -0.455 e. The Balaban J connectivity index is 1.87. The van der Waals surface area contributed by atoms with Crippen molar-refractivity contribution in [2.75, 3.05) is 10.7 Å². The van der Waals surface area contributed by atoms with Crippen molar-refractivity contribution in [1.29, 1.82) is 0 Å². The van der Waals surface area contributed by atoms with Crippen LogP contribution in [0.1, 0.15) is 5.56 Å². The van der Waals surface area contributed by atoms with Gasteiger partial charge in [-0.2, -0.15) is 5.43 Å². The van der Waals surface area contributed by atoms with Gasteiger partial charge in [-0.25, -0.2) is 0 Å². The SMILES string of the molecule is O=C1Nc2ccccc2C12NNc1ccccc1O2. The van der Waals surface area contributed by atoms with E-state index < -0.39 is 5.72 Å². The molecule has 2 heterocycles. The lowest BCUT2D eigenvalue weighted by atomic mass is 10.0. The molecule has 0 saturated heterocycles. The Morgan fingerprint density at radius 2 is 1.68 bits per heavy atom. The highest BCUT2D eigenvalue weighted by Crippen LogP contribution is 2.41. The Bertz CT molecular complexity index is 686. The molecule has 1 atom stereocenters. The number of carbonyl (C=O) groups excluding carboxylic acids is 1. The summed E-state index contributed by atoms with van der Waals surface area (Å²) in [6.45, 7) is 0. The molecule has 94 valence electrons. The lowest BCUT2D eigenvalue weighted by Gasteiger charge is -2.35. The molecule has 3 N–H and O–H groups in total. The van der Waals surface area contributed by atoms with Crippen LogP contribution in [0.5, 0.6) is 5.75 Å². The number of benzene rings is 2. The van der Waals surface area contributed by atoms with Gasteiger partial charge >= 0.3 is 0 Å². The highest BCUT2D eigenvalue weighted by Gasteiger charge is 2.51. The average Bonchev–Trinajstić information content (AvgIpc) is 2.72. The first-order chi connectivity index (χ1) is 9.29. The maximum absolute atomic E-state index is 12.3. The van der Waals surface area contributed by atoms with Crippen molar-refractivity contribution in [1.82, 2.24) is 5.43 Å². The molecule has 1 spiro atoms. The molecule has 4 rings (SSSR count). The molecular weight excluding hydrogens is 242 g/mol. The van der Waals surface area contributed by atoms with Gasteiger partial charge in [0.2, 0.25) is 0 Å². The fraction of sp³-hybridized carbons (Fsp3) is 0.0714. The van der Waals surface area contributed by atoms with Gasteiger partial charge in [0, 0.05) is 5.56 Å². The molecular formula is C14H11N3O2. The maximum Gasteiger partial charge on any atom is 0.291 e. The largest absolute Gasteiger partial charge is 0.455 e. The van der Waals surface area contributed by atoms with Crippen LogP contribution in [0.25, 0.3) is 0 Å². The molecule has 2 aliphatic rings. The molecule has 5 heteroatoms. The minimum atomic E-state index is -1.20. The number of hydrogen-bond donors (Lipinski definition) is 3. The number of hydrogen-bond acceptors (Lipinski definition) is 4. The normalized spacial score (nSPS) is 23.1. The molecule has 0 aliphatic carbocycles. The van der Waals surface area contributed by atoms with Crippen LogP contribution in [0.15, 0.2) is 48.5 Å². The van der Waals surface area contributed by atoms with E-state index in [1.807, 2.05) is 48.5 Å². The van der Waals surface area contributed by atoms with E-state index in [4.69, 9.17) is 4.74 Å². The molecule has 2 aliphatic heterocycles. The third kappa shape index (κ3) is 1.30. The Morgan fingerprint density at radius 3 is 2.58 bits per heavy atom. The highest BCUT2D eigenvalue weighted by molar-refractivity contribution is 6.05. The van der Waals surface area contributed by atoms with E-state index in [2.05, 4.69) is 16.2 Å². The number of nitrogens with one attached hydrogen (secondary N) is 3. The van der Waals surface area contributed by atoms with Crippen LogP contribution in [-0.4, -0.2) is 5.91 Å². The Hall–Kier alpha value is -2.53. The van der Waals surface area contributed by atoms with E-state index in [9.17, 15) is 4.79 Å². The van der Waals surface area contributed by atoms with Crippen LogP contribution in [-0.2, 0) is 10.5 Å². The number of anilines is 2. The quantitative estimate of drug-likeness (QED) is 0.670. The Morgan fingerprint density at radius 1 is 0.947 bits per heavy atom. The number of fused-ring (bicyclic) bond motifs is 3. The van der Waals surface area contributed by atoms with E-state index in [1.165, 1.54) is 0 Å². The minimum absolute atomic E-state index is 0.226. The monoisotopic (exact) mass is 253 g/mol. The molecule has 2 aromatic rings. The van der Waals surface area contributed by atoms with Gasteiger partial charge in [-0.15, -0.1) is 0 Å². The molecule has 0 saturated carbocycles. The highest BCUT2D eigenvalue weighted by atomic mass is 16.5. The molecule has 0 aromatic heterocycles. The van der Waals surface area contributed by atoms with Gasteiger partial charge in [-0.3, -0.25) is 4.79 Å². The zero-order valence-electron chi connectivity index (χ0n) is 9.94. The van der Waals surface area contributed by atoms with Crippen LogP contribution >= 0.6 is 0 Å². The number of rotatable bonds is 0. The molecule has 0 fully saturated rings. The van der Waals surface area contributed by atoms with E-state index in [0.29, 0.717) is 5.75 Å². The van der Waals surface area contributed by atoms with Crippen molar-refractivity contribution < 1.29 is 9.53 Å². The van der Waals surface area contributed by atoms with Gasteiger partial charge in [0.05, 0.1) is 11.4 Å². The van der Waals surface area contributed by atoms with Crippen LogP contribution in [0.2, 0.25) is 0 Å². The Kier molecular flexibility index (Phi) is 1.91. The second-order valence-electron chi connectivity index (χ2n) is 4.53. The summed E-state index contributed by atoms with van der Waals surface area (Å²) in [6, 6.07) is 15.0. The summed E-state index contributed by atoms with van der Waals surface area (Å²) in [5.41, 5.74) is 7.15. The van der Waals surface area contributed by atoms with Gasteiger partial charge < -0.3 is 15.5 Å². The molecule has 0 radical (unpaired) electrons. The van der Waals surface area contributed by atoms with Gasteiger partial charge in [0.25, 0.3) is 11.6 Å². The summed E-state index contributed by atoms with van der Waals surface area (Å²) in [4.78, 5) is 12.3. The lowest BCUT2D eigenvalue weighted by Crippen LogP contribution is -2.57. The molecule has 1 amide bonds. The summed E-state index contributed by atoms with van der Waals surface area (Å²) in [5, 5.41) is 2.82. The first kappa shape index (κ1) is 10.4. The van der Waals surface area contributed by atoms with Gasteiger partial charge in [-0.1, -0.05) is 30.3 Å². The van der Waals surface area contributed by atoms with Crippen molar-refractivity contribution in [3.63, 3.8) is 0 Å². The topological polar surface area (TPSA) is 62.4 Å². The third-order valence-electron chi connectivity index (χ3n) is 3.40. The fourth-order valence-electron chi connectivity index (χ4n) is 2.46. The Labute approximate surface area is 109 Å². The van der Waals surface area contributed by atoms with E-state index >= 15 is 0 Å². The van der Waals surface area contributed by atoms with Crippen molar-refractivity contribution in [2.24, 2.45) is 0 Å². The van der Waals surface area contributed by atoms with Gasteiger partial charge in [0.1, 0.15) is 5.75 Å². The summed E-state index contributed by atoms with van der Waals surface area (Å²) in [5.74, 6) is 0.420. The third-order valence-corrected chi connectivity index (χ3v) is 3.40.